The van der Waals surface area contributed by atoms with Crippen LogP contribution in [0.1, 0.15) is 123 Å². The summed E-state index contributed by atoms with van der Waals surface area (Å²) >= 11 is 0. The monoisotopic (exact) mass is 777 g/mol. The van der Waals surface area contributed by atoms with Crippen molar-refractivity contribution in [2.75, 3.05) is 18.4 Å². The third kappa shape index (κ3) is 6.24. The van der Waals surface area contributed by atoms with Gasteiger partial charge in [0.15, 0.2) is 0 Å². The molecule has 58 heavy (non-hydrogen) atoms. The van der Waals surface area contributed by atoms with E-state index in [1.165, 1.54) is 47.8 Å². The summed E-state index contributed by atoms with van der Waals surface area (Å²) in [6.07, 6.45) is 25.7. The minimum Gasteiger partial charge on any atom is -0.365 e. The van der Waals surface area contributed by atoms with Crippen molar-refractivity contribution in [1.29, 1.82) is 0 Å². The van der Waals surface area contributed by atoms with Crippen LogP contribution in [0.4, 0.5) is 5.69 Å². The molecule has 0 bridgehead atoms. The zero-order valence-corrected chi connectivity index (χ0v) is 33.1. The van der Waals surface area contributed by atoms with Gasteiger partial charge in [0.25, 0.3) is 11.8 Å². The van der Waals surface area contributed by atoms with E-state index in [1.54, 1.807) is 11.0 Å². The van der Waals surface area contributed by atoms with Crippen molar-refractivity contribution in [3.8, 4) is 5.69 Å². The Hall–Kier alpha value is -5.29. The Bertz CT molecular complexity index is 2380. The number of rotatable bonds is 7. The molecular formula is C47H51N7O4. The molecule has 11 nitrogen and oxygen atoms in total. The molecule has 7 aliphatic rings. The molecule has 2 aromatic carbocycles. The van der Waals surface area contributed by atoms with Crippen LogP contribution in [0.15, 0.2) is 90.6 Å². The molecule has 11 heteroatoms. The lowest BCUT2D eigenvalue weighted by molar-refractivity contribution is -0.150. The van der Waals surface area contributed by atoms with E-state index in [-0.39, 0.29) is 34.8 Å². The van der Waals surface area contributed by atoms with Gasteiger partial charge in [0, 0.05) is 39.3 Å². The first-order chi connectivity index (χ1) is 28.3. The summed E-state index contributed by atoms with van der Waals surface area (Å²) in [5.74, 6) is 0.207. The number of allylic oxidation sites excluding steroid dienone is 5. The minimum atomic E-state index is -1.02. The molecule has 1 saturated heterocycles. The Balaban J connectivity index is 0.936. The molecule has 4 saturated carbocycles. The SMILES string of the molecule is O=C(NC1(C(=O)Nc2ccc(-n3cncn3)cc2)CCCC1)c1ccc2c(C3CCCCC3)c3n(c2c1)CC(C(=O)N1CC2(CC2)OC2(CC2)C1)=CC1=CC=CCC13. The third-order valence-electron chi connectivity index (χ3n) is 14.2. The lowest BCUT2D eigenvalue weighted by Gasteiger charge is -2.39. The van der Waals surface area contributed by atoms with Crippen LogP contribution in [0.5, 0.6) is 0 Å². The topological polar surface area (TPSA) is 123 Å². The highest BCUT2D eigenvalue weighted by Crippen LogP contribution is 2.55. The average Bonchev–Trinajstić information content (AvgIpc) is 3.93. The number of fused-ring (bicyclic) bond motifs is 5. The van der Waals surface area contributed by atoms with Gasteiger partial charge in [-0.15, -0.1) is 0 Å². The highest BCUT2D eigenvalue weighted by atomic mass is 16.5. The Morgan fingerprint density at radius 3 is 2.33 bits per heavy atom. The predicted octanol–water partition coefficient (Wildman–Crippen LogP) is 7.78. The van der Waals surface area contributed by atoms with Crippen LogP contribution in [0.2, 0.25) is 0 Å². The van der Waals surface area contributed by atoms with Crippen LogP contribution in [0.3, 0.4) is 0 Å². The number of nitrogens with one attached hydrogen (secondary N) is 2. The molecular weight excluding hydrogens is 727 g/mol. The molecule has 4 heterocycles. The number of carbonyl (C=O) groups is 3. The summed E-state index contributed by atoms with van der Waals surface area (Å²) in [5.41, 5.74) is 6.36. The van der Waals surface area contributed by atoms with E-state index in [0.717, 1.165) is 74.6 Å². The van der Waals surface area contributed by atoms with Crippen LogP contribution in [-0.2, 0) is 20.9 Å². The number of anilines is 1. The molecule has 2 aromatic heterocycles. The fourth-order valence-electron chi connectivity index (χ4n) is 10.9. The van der Waals surface area contributed by atoms with Gasteiger partial charge in [0.1, 0.15) is 18.2 Å². The summed E-state index contributed by atoms with van der Waals surface area (Å²) in [6.45, 7) is 1.78. The number of morpholine rings is 1. The first-order valence-electron chi connectivity index (χ1n) is 21.6. The minimum absolute atomic E-state index is 0.111. The zero-order valence-electron chi connectivity index (χ0n) is 33.1. The Morgan fingerprint density at radius 2 is 1.62 bits per heavy atom. The maximum Gasteiger partial charge on any atom is 0.252 e. The van der Waals surface area contributed by atoms with Gasteiger partial charge in [0.05, 0.1) is 36.5 Å². The number of hydrogen-bond donors (Lipinski definition) is 2. The van der Waals surface area contributed by atoms with Crippen LogP contribution in [0, 0.1) is 0 Å². The number of amides is 3. The van der Waals surface area contributed by atoms with E-state index < -0.39 is 5.54 Å². The molecule has 298 valence electrons. The van der Waals surface area contributed by atoms with Crippen LogP contribution >= 0.6 is 0 Å². The van der Waals surface area contributed by atoms with Crippen molar-refractivity contribution < 1.29 is 19.1 Å². The fourth-order valence-corrected chi connectivity index (χ4v) is 10.9. The summed E-state index contributed by atoms with van der Waals surface area (Å²) in [6, 6.07) is 13.6. The lowest BCUT2D eigenvalue weighted by Crippen LogP contribution is -2.55. The van der Waals surface area contributed by atoms with Crippen molar-refractivity contribution in [3.63, 3.8) is 0 Å². The van der Waals surface area contributed by atoms with Gasteiger partial charge >= 0.3 is 0 Å². The molecule has 3 amide bonds. The third-order valence-corrected chi connectivity index (χ3v) is 14.2. The lowest BCUT2D eigenvalue weighted by atomic mass is 9.78. The van der Waals surface area contributed by atoms with Gasteiger partial charge in [-0.25, -0.2) is 9.67 Å². The van der Waals surface area contributed by atoms with Crippen molar-refractivity contribution in [1.82, 2.24) is 29.5 Å². The van der Waals surface area contributed by atoms with E-state index in [0.29, 0.717) is 49.6 Å². The maximum atomic E-state index is 14.8. The summed E-state index contributed by atoms with van der Waals surface area (Å²) < 4.78 is 10.6. The normalized spacial score (nSPS) is 23.8. The standard InChI is InChI=1S/C47H51N7O4/c55-42(51-47(18-6-7-19-47)44(57)50-35-13-15-36(16-14-35)54-30-48-29-49-54)33-12-17-38-39(25-33)53-26-34(43(56)52-27-45(20-21-45)58-46(28-52)22-23-46)24-32-10-4-5-11-37(32)41(53)40(38)31-8-2-1-3-9-31/h4-5,10,12-17,24-25,29-31,37H,1-3,6-9,11,18-23,26-28H2,(H,50,57)(H,51,55). The van der Waals surface area contributed by atoms with Crippen molar-refractivity contribution in [2.45, 2.75) is 125 Å². The molecule has 1 unspecified atom stereocenters. The molecule has 2 spiro atoms. The van der Waals surface area contributed by atoms with Gasteiger partial charge in [-0.3, -0.25) is 14.4 Å². The summed E-state index contributed by atoms with van der Waals surface area (Å²) in [7, 11) is 0. The number of benzene rings is 2. The van der Waals surface area contributed by atoms with Gasteiger partial charge in [-0.1, -0.05) is 56.4 Å². The summed E-state index contributed by atoms with van der Waals surface area (Å²) in [4.78, 5) is 49.4. The molecule has 0 radical (unpaired) electrons. The van der Waals surface area contributed by atoms with Gasteiger partial charge in [-0.2, -0.15) is 5.10 Å². The van der Waals surface area contributed by atoms with Crippen LogP contribution in [-0.4, -0.2) is 71.8 Å². The largest absolute Gasteiger partial charge is 0.365 e. The number of carbonyl (C=O) groups excluding carboxylic acids is 3. The highest BCUT2D eigenvalue weighted by molar-refractivity contribution is 6.05. The Kier molecular flexibility index (Phi) is 8.43. The molecule has 4 aromatic rings. The van der Waals surface area contributed by atoms with Crippen LogP contribution in [0.25, 0.3) is 16.6 Å². The van der Waals surface area contributed by atoms with E-state index in [2.05, 4.69) is 60.6 Å². The second kappa shape index (κ2) is 13.6. The molecule has 1 atom stereocenters. The number of aromatic nitrogens is 4. The van der Waals surface area contributed by atoms with E-state index in [1.807, 2.05) is 36.4 Å². The second-order valence-electron chi connectivity index (χ2n) is 18.2. The Labute approximate surface area is 338 Å². The van der Waals surface area contributed by atoms with Gasteiger partial charge in [0.2, 0.25) is 5.91 Å². The highest BCUT2D eigenvalue weighted by Gasteiger charge is 2.61. The number of hydrogen-bond acceptors (Lipinski definition) is 6. The molecule has 5 aliphatic carbocycles. The number of ether oxygens (including phenoxy) is 1. The fraction of sp³-hybridized carbons (Fsp3) is 0.468. The van der Waals surface area contributed by atoms with Gasteiger partial charge in [-0.05, 0) is 117 Å². The smallest absolute Gasteiger partial charge is 0.252 e. The Morgan fingerprint density at radius 1 is 0.862 bits per heavy atom. The zero-order chi connectivity index (χ0) is 39.1. The summed E-state index contributed by atoms with van der Waals surface area (Å²) in [5, 5.41) is 11.7. The quantitative estimate of drug-likeness (QED) is 0.198. The predicted molar refractivity (Wildman–Crippen MR) is 221 cm³/mol. The first-order valence-corrected chi connectivity index (χ1v) is 21.6. The van der Waals surface area contributed by atoms with Crippen molar-refractivity contribution in [2.24, 2.45) is 0 Å². The maximum absolute atomic E-state index is 14.8. The van der Waals surface area contributed by atoms with E-state index >= 15 is 0 Å². The second-order valence-corrected chi connectivity index (χ2v) is 18.2. The van der Waals surface area contributed by atoms with Gasteiger partial charge < -0.3 is 24.8 Å². The first kappa shape index (κ1) is 35.8. The van der Waals surface area contributed by atoms with E-state index in [4.69, 9.17) is 4.74 Å². The molecule has 5 fully saturated rings. The average molecular weight is 778 g/mol. The molecule has 11 rings (SSSR count). The number of nitrogens with zero attached hydrogens (tertiary/aromatic N) is 5. The van der Waals surface area contributed by atoms with Crippen molar-refractivity contribution >= 4 is 34.3 Å². The van der Waals surface area contributed by atoms with E-state index in [9.17, 15) is 14.4 Å². The molecule has 2 aliphatic heterocycles. The van der Waals surface area contributed by atoms with Crippen molar-refractivity contribution in [3.05, 3.63) is 107 Å². The molecule has 2 N–H and O–H groups in total. The van der Waals surface area contributed by atoms with Crippen LogP contribution < -0.4 is 10.6 Å².